The number of carboxylic acid groups (broad SMARTS) is 1. The van der Waals surface area contributed by atoms with Crippen molar-refractivity contribution < 1.29 is 33.4 Å². The highest BCUT2D eigenvalue weighted by molar-refractivity contribution is 5.96. The fraction of sp³-hybridized carbons (Fsp3) is 0.432. The summed E-state index contributed by atoms with van der Waals surface area (Å²) in [4.78, 5) is 37.4. The van der Waals surface area contributed by atoms with Crippen LogP contribution in [-0.4, -0.2) is 35.2 Å². The van der Waals surface area contributed by atoms with Gasteiger partial charge in [0.15, 0.2) is 0 Å². The highest BCUT2D eigenvalue weighted by Crippen LogP contribution is 2.35. The molecule has 0 aromatic heterocycles. The Balaban J connectivity index is 1.97. The second kappa shape index (κ2) is 16.2. The second-order valence-electron chi connectivity index (χ2n) is 11.6. The van der Waals surface area contributed by atoms with Gasteiger partial charge in [-0.1, -0.05) is 77.6 Å². The average Bonchev–Trinajstić information content (AvgIpc) is 3.01. The lowest BCUT2D eigenvalue weighted by Crippen LogP contribution is -2.19. The van der Waals surface area contributed by atoms with E-state index in [4.69, 9.17) is 9.47 Å². The number of ether oxygens (including phenoxy) is 2. The Labute approximate surface area is 260 Å². The Morgan fingerprint density at radius 2 is 1.16 bits per heavy atom. The fourth-order valence-electron chi connectivity index (χ4n) is 5.58. The van der Waals surface area contributed by atoms with Gasteiger partial charge in [0.1, 0.15) is 5.82 Å². The number of carboxylic acids is 1. The number of hydrogen-bond donors (Lipinski definition) is 1. The van der Waals surface area contributed by atoms with Crippen molar-refractivity contribution in [3.8, 4) is 22.3 Å². The summed E-state index contributed by atoms with van der Waals surface area (Å²) in [6, 6.07) is 15.7. The first-order chi connectivity index (χ1) is 21.0. The van der Waals surface area contributed by atoms with Crippen LogP contribution in [0.25, 0.3) is 22.3 Å². The number of benzene rings is 3. The van der Waals surface area contributed by atoms with Gasteiger partial charge in [0.05, 0.1) is 28.9 Å². The third kappa shape index (κ3) is 9.01. The van der Waals surface area contributed by atoms with E-state index in [-0.39, 0.29) is 23.3 Å². The lowest BCUT2D eigenvalue weighted by atomic mass is 9.91. The Bertz CT molecular complexity index is 1420. The molecular formula is C37H45FO6. The molecular weight excluding hydrogens is 559 g/mol. The number of rotatable bonds is 15. The summed E-state index contributed by atoms with van der Waals surface area (Å²) in [7, 11) is 0. The van der Waals surface area contributed by atoms with Crippen molar-refractivity contribution in [2.45, 2.75) is 92.3 Å². The molecule has 0 heterocycles. The molecule has 0 saturated heterocycles. The minimum Gasteiger partial charge on any atom is -0.478 e. The molecule has 0 fully saturated rings. The van der Waals surface area contributed by atoms with Crippen LogP contribution in [0.1, 0.15) is 111 Å². The molecule has 0 spiro atoms. The Morgan fingerprint density at radius 1 is 0.659 bits per heavy atom. The van der Waals surface area contributed by atoms with Crippen LogP contribution in [0.3, 0.4) is 0 Å². The largest absolute Gasteiger partial charge is 0.478 e. The normalized spacial score (nSPS) is 12.7. The second-order valence-corrected chi connectivity index (χ2v) is 11.6. The lowest BCUT2D eigenvalue weighted by molar-refractivity contribution is 0.0272. The van der Waals surface area contributed by atoms with Gasteiger partial charge in [-0.2, -0.15) is 0 Å². The molecule has 0 unspecified atom stereocenters. The summed E-state index contributed by atoms with van der Waals surface area (Å²) >= 11 is 0. The molecule has 3 aromatic rings. The summed E-state index contributed by atoms with van der Waals surface area (Å²) in [6.45, 7) is 12.1. The topological polar surface area (TPSA) is 89.9 Å². The maximum absolute atomic E-state index is 15.5. The van der Waals surface area contributed by atoms with Crippen LogP contribution in [0.5, 0.6) is 0 Å². The molecule has 6 nitrogen and oxygen atoms in total. The Kier molecular flexibility index (Phi) is 12.7. The van der Waals surface area contributed by atoms with Gasteiger partial charge >= 0.3 is 17.9 Å². The summed E-state index contributed by atoms with van der Waals surface area (Å²) in [5, 5.41) is 9.33. The summed E-state index contributed by atoms with van der Waals surface area (Å²) in [6.07, 6.45) is 4.82. The third-order valence-corrected chi connectivity index (χ3v) is 8.45. The summed E-state index contributed by atoms with van der Waals surface area (Å²) in [5.74, 6) is -2.10. The highest BCUT2D eigenvalue weighted by Gasteiger charge is 2.22. The van der Waals surface area contributed by atoms with Crippen LogP contribution >= 0.6 is 0 Å². The van der Waals surface area contributed by atoms with Gasteiger partial charge in [0, 0.05) is 0 Å². The molecule has 7 heteroatoms. The standard InChI is InChI=1S/C37H45FO6/c1-7-25(8-2)19-23(5)43-36(41)30-16-17-31(27-11-13-28(14-12-27)35(39)40)33(21-30)29-15-18-32(34(38)22-29)37(42)44-24(6)20-26(9-3)10-4/h11-18,21-26H,7-10,19-20H2,1-6H3,(H,39,40)/t23-,24-/m1/s1. The molecule has 0 aliphatic carbocycles. The smallest absolute Gasteiger partial charge is 0.341 e. The maximum atomic E-state index is 15.5. The van der Waals surface area contributed by atoms with Gasteiger partial charge in [0.25, 0.3) is 0 Å². The van der Waals surface area contributed by atoms with Crippen molar-refractivity contribution >= 4 is 17.9 Å². The van der Waals surface area contributed by atoms with Crippen molar-refractivity contribution in [3.05, 3.63) is 83.2 Å². The van der Waals surface area contributed by atoms with E-state index in [0.29, 0.717) is 46.1 Å². The molecule has 1 N–H and O–H groups in total. The van der Waals surface area contributed by atoms with Crippen LogP contribution in [0.15, 0.2) is 60.7 Å². The molecule has 44 heavy (non-hydrogen) atoms. The number of hydrogen-bond acceptors (Lipinski definition) is 5. The quantitative estimate of drug-likeness (QED) is 0.174. The first kappa shape index (κ1) is 34.5. The van der Waals surface area contributed by atoms with Gasteiger partial charge < -0.3 is 14.6 Å². The molecule has 0 aliphatic heterocycles. The predicted octanol–water partition coefficient (Wildman–Crippen LogP) is 9.60. The van der Waals surface area contributed by atoms with E-state index in [0.717, 1.165) is 32.1 Å². The van der Waals surface area contributed by atoms with Crippen molar-refractivity contribution in [2.24, 2.45) is 11.8 Å². The van der Waals surface area contributed by atoms with Crippen molar-refractivity contribution in [2.75, 3.05) is 0 Å². The Morgan fingerprint density at radius 3 is 1.66 bits per heavy atom. The fourth-order valence-corrected chi connectivity index (χ4v) is 5.58. The molecule has 0 radical (unpaired) electrons. The number of carbonyl (C=O) groups is 3. The Hall–Kier alpha value is -4.00. The van der Waals surface area contributed by atoms with E-state index < -0.39 is 23.7 Å². The molecule has 0 aliphatic rings. The van der Waals surface area contributed by atoms with Crippen LogP contribution in [-0.2, 0) is 9.47 Å². The van der Waals surface area contributed by atoms with Crippen LogP contribution in [0.4, 0.5) is 4.39 Å². The van der Waals surface area contributed by atoms with Crippen LogP contribution < -0.4 is 0 Å². The molecule has 0 bridgehead atoms. The van der Waals surface area contributed by atoms with Crippen LogP contribution in [0, 0.1) is 17.7 Å². The highest BCUT2D eigenvalue weighted by atomic mass is 19.1. The van der Waals surface area contributed by atoms with Gasteiger partial charge in [0.2, 0.25) is 0 Å². The van der Waals surface area contributed by atoms with E-state index >= 15 is 4.39 Å². The third-order valence-electron chi connectivity index (χ3n) is 8.45. The van der Waals surface area contributed by atoms with E-state index in [9.17, 15) is 19.5 Å². The zero-order valence-electron chi connectivity index (χ0n) is 26.7. The molecule has 3 aromatic carbocycles. The summed E-state index contributed by atoms with van der Waals surface area (Å²) in [5.41, 5.74) is 2.61. The van der Waals surface area contributed by atoms with E-state index in [1.807, 2.05) is 13.8 Å². The SMILES string of the molecule is CCC(CC)C[C@@H](C)OC(=O)c1ccc(-c2ccc(C(=O)O)cc2)c(-c2ccc(C(=O)O[C@H](C)CC(CC)CC)c(F)c2)c1. The molecule has 2 atom stereocenters. The number of esters is 2. The number of aromatic carboxylic acids is 1. The van der Waals surface area contributed by atoms with Gasteiger partial charge in [-0.05, 0) is 97.2 Å². The lowest BCUT2D eigenvalue weighted by Gasteiger charge is -2.20. The zero-order valence-corrected chi connectivity index (χ0v) is 26.7. The first-order valence-corrected chi connectivity index (χ1v) is 15.7. The number of carbonyl (C=O) groups excluding carboxylic acids is 2. The van der Waals surface area contributed by atoms with Crippen molar-refractivity contribution in [1.82, 2.24) is 0 Å². The van der Waals surface area contributed by atoms with Gasteiger partial charge in [-0.3, -0.25) is 0 Å². The van der Waals surface area contributed by atoms with E-state index in [2.05, 4.69) is 27.7 Å². The van der Waals surface area contributed by atoms with Crippen LogP contribution in [0.2, 0.25) is 0 Å². The number of halogens is 1. The first-order valence-electron chi connectivity index (χ1n) is 15.7. The zero-order chi connectivity index (χ0) is 32.4. The monoisotopic (exact) mass is 604 g/mol. The molecule has 3 rings (SSSR count). The average molecular weight is 605 g/mol. The van der Waals surface area contributed by atoms with Crippen molar-refractivity contribution in [3.63, 3.8) is 0 Å². The van der Waals surface area contributed by atoms with E-state index in [1.165, 1.54) is 24.3 Å². The van der Waals surface area contributed by atoms with E-state index in [1.54, 1.807) is 36.4 Å². The molecule has 0 amide bonds. The maximum Gasteiger partial charge on any atom is 0.341 e. The minimum atomic E-state index is -1.05. The molecule has 0 saturated carbocycles. The minimum absolute atomic E-state index is 0.134. The molecule has 236 valence electrons. The van der Waals surface area contributed by atoms with Crippen molar-refractivity contribution in [1.29, 1.82) is 0 Å². The summed E-state index contributed by atoms with van der Waals surface area (Å²) < 4.78 is 26.8. The predicted molar refractivity (Wildman–Crippen MR) is 171 cm³/mol. The van der Waals surface area contributed by atoms with Gasteiger partial charge in [-0.25, -0.2) is 18.8 Å². The van der Waals surface area contributed by atoms with Gasteiger partial charge in [-0.15, -0.1) is 0 Å².